The Bertz CT molecular complexity index is 327. The molecule has 0 aliphatic carbocycles. The first-order valence-electron chi connectivity index (χ1n) is 3.75. The molecule has 1 aromatic heterocycles. The van der Waals surface area contributed by atoms with Gasteiger partial charge in [-0.05, 0) is 0 Å². The minimum Gasteiger partial charge on any atom is -0.378 e. The van der Waals surface area contributed by atoms with Crippen LogP contribution in [0.1, 0.15) is 10.6 Å². The van der Waals surface area contributed by atoms with Gasteiger partial charge in [0.25, 0.3) is 0 Å². The molecule has 0 aliphatic rings. The lowest BCUT2D eigenvalue weighted by atomic mass is 10.4. The number of nitriles is 1. The van der Waals surface area contributed by atoms with E-state index in [1.807, 2.05) is 19.0 Å². The van der Waals surface area contributed by atoms with Crippen molar-refractivity contribution in [2.24, 2.45) is 0 Å². The molecule has 0 amide bonds. The van der Waals surface area contributed by atoms with Crippen molar-refractivity contribution >= 4 is 16.5 Å². The number of rotatable bonds is 3. The number of hydrogen-bond acceptors (Lipinski definition) is 5. The monoisotopic (exact) mass is 197 g/mol. The van der Waals surface area contributed by atoms with E-state index in [1.54, 1.807) is 7.11 Å². The van der Waals surface area contributed by atoms with Crippen LogP contribution in [0.25, 0.3) is 0 Å². The molecule has 1 aromatic rings. The van der Waals surface area contributed by atoms with Crippen molar-refractivity contribution < 1.29 is 4.74 Å². The maximum atomic E-state index is 8.79. The third-order valence-electron chi connectivity index (χ3n) is 1.45. The van der Waals surface area contributed by atoms with Crippen molar-refractivity contribution in [3.63, 3.8) is 0 Å². The molecule has 1 heterocycles. The van der Waals surface area contributed by atoms with Crippen molar-refractivity contribution in [3.8, 4) is 6.07 Å². The van der Waals surface area contributed by atoms with Crippen molar-refractivity contribution in [1.29, 1.82) is 5.26 Å². The maximum absolute atomic E-state index is 8.79. The van der Waals surface area contributed by atoms with E-state index in [-0.39, 0.29) is 0 Å². The van der Waals surface area contributed by atoms with Gasteiger partial charge in [-0.25, -0.2) is 4.98 Å². The molecule has 0 N–H and O–H groups in total. The number of aromatic nitrogens is 1. The van der Waals surface area contributed by atoms with Gasteiger partial charge >= 0.3 is 0 Å². The zero-order chi connectivity index (χ0) is 9.84. The second kappa shape index (κ2) is 4.21. The number of anilines is 1. The zero-order valence-corrected chi connectivity index (χ0v) is 8.68. The van der Waals surface area contributed by atoms with Crippen LogP contribution in [0.3, 0.4) is 0 Å². The van der Waals surface area contributed by atoms with Gasteiger partial charge in [-0.3, -0.25) is 0 Å². The molecule has 0 bridgehead atoms. The van der Waals surface area contributed by atoms with Crippen LogP contribution in [-0.4, -0.2) is 26.2 Å². The largest absolute Gasteiger partial charge is 0.378 e. The van der Waals surface area contributed by atoms with Crippen molar-refractivity contribution in [1.82, 2.24) is 4.98 Å². The third-order valence-corrected chi connectivity index (χ3v) is 2.62. The van der Waals surface area contributed by atoms with Crippen LogP contribution >= 0.6 is 11.3 Å². The average Bonchev–Trinajstić information content (AvgIpc) is 2.48. The Morgan fingerprint density at radius 1 is 1.62 bits per heavy atom. The Hall–Kier alpha value is -1.12. The van der Waals surface area contributed by atoms with E-state index in [9.17, 15) is 0 Å². The van der Waals surface area contributed by atoms with Gasteiger partial charge in [-0.15, -0.1) is 0 Å². The predicted octanol–water partition coefficient (Wildman–Crippen LogP) is 1.23. The molecule has 0 spiro atoms. The predicted molar refractivity (Wildman–Crippen MR) is 51.9 cm³/mol. The second-order valence-electron chi connectivity index (χ2n) is 2.71. The van der Waals surface area contributed by atoms with Crippen LogP contribution in [0.4, 0.5) is 5.13 Å². The summed E-state index contributed by atoms with van der Waals surface area (Å²) in [6, 6.07) is 2.10. The summed E-state index contributed by atoms with van der Waals surface area (Å²) in [5, 5.41) is 9.62. The first kappa shape index (κ1) is 9.96. The number of hydrogen-bond donors (Lipinski definition) is 0. The molecule has 0 aliphatic heterocycles. The van der Waals surface area contributed by atoms with Crippen LogP contribution in [0.15, 0.2) is 0 Å². The summed E-state index contributed by atoms with van der Waals surface area (Å²) in [6.07, 6.45) is 0. The third kappa shape index (κ3) is 2.17. The highest BCUT2D eigenvalue weighted by Crippen LogP contribution is 2.24. The van der Waals surface area contributed by atoms with Gasteiger partial charge in [0, 0.05) is 21.2 Å². The smallest absolute Gasteiger partial charge is 0.186 e. The number of thiazole rings is 1. The van der Waals surface area contributed by atoms with Crippen LogP contribution in [0.5, 0.6) is 0 Å². The van der Waals surface area contributed by atoms with Crippen LogP contribution in [-0.2, 0) is 11.3 Å². The topological polar surface area (TPSA) is 49.1 Å². The molecule has 0 radical (unpaired) electrons. The molecule has 0 fully saturated rings. The van der Waals surface area contributed by atoms with E-state index in [2.05, 4.69) is 11.1 Å². The molecule has 70 valence electrons. The fourth-order valence-corrected chi connectivity index (χ4v) is 1.64. The van der Waals surface area contributed by atoms with E-state index >= 15 is 0 Å². The Labute approximate surface area is 81.4 Å². The highest BCUT2D eigenvalue weighted by molar-refractivity contribution is 7.16. The molecule has 1 rings (SSSR count). The lowest BCUT2D eigenvalue weighted by Gasteiger charge is -2.05. The van der Waals surface area contributed by atoms with Gasteiger partial charge in [-0.2, -0.15) is 5.26 Å². The molecular formula is C8H11N3OS. The Balaban J connectivity index is 2.99. The highest BCUT2D eigenvalue weighted by atomic mass is 32.1. The zero-order valence-electron chi connectivity index (χ0n) is 7.87. The molecule has 0 saturated carbocycles. The molecular weight excluding hydrogens is 186 g/mol. The first-order chi connectivity index (χ1) is 6.19. The minimum atomic E-state index is 0.396. The van der Waals surface area contributed by atoms with Gasteiger partial charge in [0.1, 0.15) is 10.9 Å². The quantitative estimate of drug-likeness (QED) is 0.731. The van der Waals surface area contributed by atoms with Crippen LogP contribution < -0.4 is 4.90 Å². The molecule has 5 heteroatoms. The molecule has 4 nitrogen and oxygen atoms in total. The summed E-state index contributed by atoms with van der Waals surface area (Å²) in [5.41, 5.74) is 0.721. The number of methoxy groups -OCH3 is 1. The number of ether oxygens (including phenoxy) is 1. The second-order valence-corrected chi connectivity index (χ2v) is 3.69. The normalized spacial score (nSPS) is 9.69. The van der Waals surface area contributed by atoms with E-state index in [4.69, 9.17) is 10.00 Å². The summed E-state index contributed by atoms with van der Waals surface area (Å²) in [7, 11) is 5.39. The maximum Gasteiger partial charge on any atom is 0.186 e. The van der Waals surface area contributed by atoms with E-state index < -0.39 is 0 Å². The Kier molecular flexibility index (Phi) is 3.23. The van der Waals surface area contributed by atoms with Crippen molar-refractivity contribution in [2.75, 3.05) is 26.1 Å². The van der Waals surface area contributed by atoms with Gasteiger partial charge in [-0.1, -0.05) is 11.3 Å². The van der Waals surface area contributed by atoms with Gasteiger partial charge < -0.3 is 9.64 Å². The number of nitrogens with zero attached hydrogens (tertiary/aromatic N) is 3. The van der Waals surface area contributed by atoms with Gasteiger partial charge in [0.15, 0.2) is 5.13 Å². The van der Waals surface area contributed by atoms with Crippen molar-refractivity contribution in [2.45, 2.75) is 6.61 Å². The highest BCUT2D eigenvalue weighted by Gasteiger charge is 2.11. The molecule has 0 aromatic carbocycles. The van der Waals surface area contributed by atoms with Gasteiger partial charge in [0.05, 0.1) is 12.3 Å². The summed E-state index contributed by atoms with van der Waals surface area (Å²) in [6.45, 7) is 0.396. The summed E-state index contributed by atoms with van der Waals surface area (Å²) in [4.78, 5) is 6.78. The average molecular weight is 197 g/mol. The SMILES string of the molecule is COCc1nc(N(C)C)sc1C#N. The standard InChI is InChI=1S/C8H11N3OS/c1-11(2)8-10-6(5-12-3)7(4-9)13-8/h5H2,1-3H3. The van der Waals surface area contributed by atoms with Crippen LogP contribution in [0.2, 0.25) is 0 Å². The summed E-state index contributed by atoms with van der Waals surface area (Å²) < 4.78 is 4.94. The Morgan fingerprint density at radius 2 is 2.31 bits per heavy atom. The Morgan fingerprint density at radius 3 is 2.77 bits per heavy atom. The van der Waals surface area contributed by atoms with E-state index in [0.29, 0.717) is 11.5 Å². The fourth-order valence-electron chi connectivity index (χ4n) is 0.852. The molecule has 0 saturated heterocycles. The molecule has 13 heavy (non-hydrogen) atoms. The van der Waals surface area contributed by atoms with E-state index in [0.717, 1.165) is 10.8 Å². The van der Waals surface area contributed by atoms with Gasteiger partial charge in [0.2, 0.25) is 0 Å². The van der Waals surface area contributed by atoms with Crippen LogP contribution in [0, 0.1) is 11.3 Å². The minimum absolute atomic E-state index is 0.396. The lowest BCUT2D eigenvalue weighted by molar-refractivity contribution is 0.182. The fraction of sp³-hybridized carbons (Fsp3) is 0.500. The molecule has 0 unspecified atom stereocenters. The van der Waals surface area contributed by atoms with Crippen molar-refractivity contribution in [3.05, 3.63) is 10.6 Å². The summed E-state index contributed by atoms with van der Waals surface area (Å²) in [5.74, 6) is 0. The first-order valence-corrected chi connectivity index (χ1v) is 4.56. The van der Waals surface area contributed by atoms with E-state index in [1.165, 1.54) is 11.3 Å². The molecule has 0 atom stereocenters. The lowest BCUT2D eigenvalue weighted by Crippen LogP contribution is -2.08. The summed E-state index contributed by atoms with van der Waals surface area (Å²) >= 11 is 1.38.